The van der Waals surface area contributed by atoms with Crippen molar-refractivity contribution in [1.29, 1.82) is 0 Å². The molecule has 0 aliphatic heterocycles. The second kappa shape index (κ2) is 11.0. The molecule has 3 aromatic heterocycles. The summed E-state index contributed by atoms with van der Waals surface area (Å²) in [4.78, 5) is 10.8. The Morgan fingerprint density at radius 1 is 0.389 bits per heavy atom. The Morgan fingerprint density at radius 2 is 0.926 bits per heavy atom. The van der Waals surface area contributed by atoms with Crippen LogP contribution in [0.25, 0.3) is 82.0 Å². The molecule has 1 aliphatic carbocycles. The molecule has 0 radical (unpaired) electrons. The Kier molecular flexibility index (Phi) is 5.98. The van der Waals surface area contributed by atoms with E-state index in [-0.39, 0.29) is 0 Å². The van der Waals surface area contributed by atoms with Gasteiger partial charge >= 0.3 is 0 Å². The minimum atomic E-state index is -0.587. The molecule has 3 heterocycles. The van der Waals surface area contributed by atoms with Crippen molar-refractivity contribution in [3.8, 4) is 16.8 Å². The van der Waals surface area contributed by atoms with Gasteiger partial charge in [0, 0.05) is 40.0 Å². The van der Waals surface area contributed by atoms with Gasteiger partial charge in [0.15, 0.2) is 0 Å². The monoisotopic (exact) mass is 685 g/mol. The number of rotatable bonds is 3. The van der Waals surface area contributed by atoms with Crippen molar-refractivity contribution in [1.82, 2.24) is 14.5 Å². The molecule has 0 atom stereocenters. The fourth-order valence-corrected chi connectivity index (χ4v) is 9.77. The first kappa shape index (κ1) is 29.5. The quantitative estimate of drug-likeness (QED) is 0.173. The molecule has 250 valence electrons. The van der Waals surface area contributed by atoms with Crippen molar-refractivity contribution in [2.75, 3.05) is 0 Å². The lowest BCUT2D eigenvalue weighted by atomic mass is 9.67. The topological polar surface area (TPSA) is 30.7 Å². The zero-order chi connectivity index (χ0) is 35.4. The van der Waals surface area contributed by atoms with Gasteiger partial charge in [-0.15, -0.1) is 0 Å². The maximum atomic E-state index is 5.42. The number of hydrogen-bond donors (Lipinski definition) is 0. The van der Waals surface area contributed by atoms with E-state index in [2.05, 4.69) is 193 Å². The third-order valence-electron chi connectivity index (χ3n) is 11.9. The Labute approximate surface area is 311 Å². The van der Waals surface area contributed by atoms with Gasteiger partial charge in [-0.25, -0.2) is 0 Å². The van der Waals surface area contributed by atoms with Crippen LogP contribution in [0.15, 0.2) is 188 Å². The van der Waals surface area contributed by atoms with Gasteiger partial charge in [-0.3, -0.25) is 9.97 Å². The molecular weight excluding hydrogens is 655 g/mol. The maximum Gasteiger partial charge on any atom is 0.114 e. The number of para-hydroxylation sites is 1. The molecule has 12 rings (SSSR count). The van der Waals surface area contributed by atoms with Crippen molar-refractivity contribution in [2.45, 2.75) is 5.41 Å². The van der Waals surface area contributed by atoms with E-state index in [1.807, 2.05) is 0 Å². The molecule has 0 saturated heterocycles. The first-order chi connectivity index (χ1) is 26.8. The molecule has 0 fully saturated rings. The highest BCUT2D eigenvalue weighted by Gasteiger charge is 2.48. The predicted octanol–water partition coefficient (Wildman–Crippen LogP) is 12.5. The van der Waals surface area contributed by atoms with Gasteiger partial charge < -0.3 is 4.57 Å². The molecule has 0 bridgehead atoms. The summed E-state index contributed by atoms with van der Waals surface area (Å²) < 4.78 is 2.42. The van der Waals surface area contributed by atoms with E-state index in [9.17, 15) is 0 Å². The summed E-state index contributed by atoms with van der Waals surface area (Å²) in [7, 11) is 0. The lowest BCUT2D eigenvalue weighted by Gasteiger charge is -2.34. The highest BCUT2D eigenvalue weighted by Crippen LogP contribution is 2.58. The molecule has 0 N–H and O–H groups in total. The number of hydrogen-bond acceptors (Lipinski definition) is 2. The zero-order valence-corrected chi connectivity index (χ0v) is 29.2. The molecule has 3 heteroatoms. The summed E-state index contributed by atoms with van der Waals surface area (Å²) in [5.41, 5.74) is 11.7. The molecule has 8 aromatic carbocycles. The van der Waals surface area contributed by atoms with Crippen molar-refractivity contribution in [3.05, 3.63) is 211 Å². The van der Waals surface area contributed by atoms with Crippen LogP contribution >= 0.6 is 0 Å². The van der Waals surface area contributed by atoms with E-state index in [0.29, 0.717) is 0 Å². The summed E-state index contributed by atoms with van der Waals surface area (Å²) in [6.07, 6.45) is 4.19. The molecule has 3 nitrogen and oxygen atoms in total. The summed E-state index contributed by atoms with van der Waals surface area (Å²) in [6.45, 7) is 0. The number of pyridine rings is 2. The van der Waals surface area contributed by atoms with E-state index in [0.717, 1.165) is 44.1 Å². The van der Waals surface area contributed by atoms with E-state index < -0.39 is 5.41 Å². The second-order valence-corrected chi connectivity index (χ2v) is 14.5. The number of benzene rings is 8. The smallest absolute Gasteiger partial charge is 0.114 e. The summed E-state index contributed by atoms with van der Waals surface area (Å²) >= 11 is 0. The molecule has 11 aromatic rings. The maximum absolute atomic E-state index is 5.42. The van der Waals surface area contributed by atoms with Crippen molar-refractivity contribution >= 4 is 65.2 Å². The van der Waals surface area contributed by atoms with Crippen molar-refractivity contribution in [3.63, 3.8) is 0 Å². The number of aromatic nitrogens is 3. The molecular formula is C51H31N3. The zero-order valence-electron chi connectivity index (χ0n) is 29.2. The predicted molar refractivity (Wildman–Crippen MR) is 224 cm³/mol. The van der Waals surface area contributed by atoms with Gasteiger partial charge in [-0.2, -0.15) is 0 Å². The average molecular weight is 686 g/mol. The molecule has 0 amide bonds. The van der Waals surface area contributed by atoms with Crippen LogP contribution in [0.2, 0.25) is 0 Å². The van der Waals surface area contributed by atoms with Crippen LogP contribution in [0.5, 0.6) is 0 Å². The normalized spacial score (nSPS) is 13.3. The second-order valence-electron chi connectivity index (χ2n) is 14.5. The molecule has 0 saturated carbocycles. The lowest BCUT2D eigenvalue weighted by Crippen LogP contribution is -2.29. The SMILES string of the molecule is c1ccc(C2(c3ccccc3)c3ccccc3-c3cnc4c(ncc5c6ccccc6n(-c6ccc7c8ccccc8c8ccccc8c7c6)c54)c32)cc1. The van der Waals surface area contributed by atoms with E-state index in [1.165, 1.54) is 60.1 Å². The molecule has 1 aliphatic rings. The highest BCUT2D eigenvalue weighted by molar-refractivity contribution is 6.26. The summed E-state index contributed by atoms with van der Waals surface area (Å²) in [6, 6.07) is 64.0. The van der Waals surface area contributed by atoms with E-state index in [4.69, 9.17) is 9.97 Å². The minimum Gasteiger partial charge on any atom is -0.307 e. The first-order valence-electron chi connectivity index (χ1n) is 18.6. The van der Waals surface area contributed by atoms with Crippen LogP contribution in [0, 0.1) is 0 Å². The third-order valence-corrected chi connectivity index (χ3v) is 11.9. The Morgan fingerprint density at radius 3 is 1.61 bits per heavy atom. The Bertz CT molecular complexity index is 3250. The molecule has 0 spiro atoms. The minimum absolute atomic E-state index is 0.587. The highest BCUT2D eigenvalue weighted by atomic mass is 15.0. The van der Waals surface area contributed by atoms with Crippen molar-refractivity contribution < 1.29 is 0 Å². The van der Waals surface area contributed by atoms with Gasteiger partial charge in [0.25, 0.3) is 0 Å². The summed E-state index contributed by atoms with van der Waals surface area (Å²) in [5.74, 6) is 0. The number of fused-ring (bicyclic) bond motifs is 15. The largest absolute Gasteiger partial charge is 0.307 e. The third kappa shape index (κ3) is 3.75. The Hall–Kier alpha value is -7.10. The average Bonchev–Trinajstić information content (AvgIpc) is 3.76. The lowest BCUT2D eigenvalue weighted by molar-refractivity contribution is 0.772. The molecule has 0 unspecified atom stereocenters. The first-order valence-corrected chi connectivity index (χ1v) is 18.6. The van der Waals surface area contributed by atoms with Crippen LogP contribution in [0.3, 0.4) is 0 Å². The van der Waals surface area contributed by atoms with Gasteiger partial charge in [0.1, 0.15) is 5.52 Å². The van der Waals surface area contributed by atoms with Crippen LogP contribution in [0.1, 0.15) is 22.3 Å². The van der Waals surface area contributed by atoms with Gasteiger partial charge in [0.05, 0.1) is 22.0 Å². The van der Waals surface area contributed by atoms with Crippen LogP contribution in [0.4, 0.5) is 0 Å². The van der Waals surface area contributed by atoms with Gasteiger partial charge in [-0.05, 0) is 72.8 Å². The summed E-state index contributed by atoms with van der Waals surface area (Å²) in [5, 5.41) is 9.82. The fourth-order valence-electron chi connectivity index (χ4n) is 9.77. The van der Waals surface area contributed by atoms with Crippen LogP contribution < -0.4 is 0 Å². The van der Waals surface area contributed by atoms with Crippen LogP contribution in [-0.4, -0.2) is 14.5 Å². The fraction of sp³-hybridized carbons (Fsp3) is 0.0196. The van der Waals surface area contributed by atoms with E-state index in [1.54, 1.807) is 0 Å². The van der Waals surface area contributed by atoms with Gasteiger partial charge in [-0.1, -0.05) is 158 Å². The van der Waals surface area contributed by atoms with E-state index >= 15 is 0 Å². The Balaban J connectivity index is 1.24. The van der Waals surface area contributed by atoms with Crippen molar-refractivity contribution in [2.24, 2.45) is 0 Å². The number of nitrogens with zero attached hydrogens (tertiary/aromatic N) is 3. The van der Waals surface area contributed by atoms with Gasteiger partial charge in [0.2, 0.25) is 0 Å². The standard InChI is InChI=1S/C51H31N3/c1-3-15-32(16-4-1)51(33-17-5-2-6-18-33)45-25-13-11-23-40(45)43-30-53-49-48(47(43)51)52-31-44-41-24-12-14-26-46(41)54(50(44)49)34-27-28-39-37-21-8-7-19-35(37)36-20-9-10-22-38(36)42(39)29-34/h1-31H. The molecule has 54 heavy (non-hydrogen) atoms. The van der Waals surface area contributed by atoms with Crippen LogP contribution in [-0.2, 0) is 5.41 Å².